The number of thiophene rings is 1. The average Bonchev–Trinajstić information content (AvgIpc) is 2.68. The van der Waals surface area contributed by atoms with E-state index < -0.39 is 0 Å². The van der Waals surface area contributed by atoms with Crippen LogP contribution >= 0.6 is 22.9 Å². The highest BCUT2D eigenvalue weighted by molar-refractivity contribution is 7.16. The average molecular weight is 262 g/mol. The maximum atomic E-state index is 5.84. The zero-order valence-corrected chi connectivity index (χ0v) is 11.4. The number of hydrogen-bond donors (Lipinski definition) is 1. The molecule has 0 amide bonds. The van der Waals surface area contributed by atoms with Crippen LogP contribution in [-0.2, 0) is 11.3 Å². The highest BCUT2D eigenvalue weighted by Crippen LogP contribution is 2.20. The molecule has 0 aliphatic heterocycles. The molecule has 1 N–H and O–H groups in total. The molecule has 0 aliphatic rings. The van der Waals surface area contributed by atoms with Gasteiger partial charge < -0.3 is 10.1 Å². The van der Waals surface area contributed by atoms with Crippen molar-refractivity contribution >= 4 is 22.9 Å². The third-order valence-corrected chi connectivity index (χ3v) is 3.47. The first-order valence-corrected chi connectivity index (χ1v) is 7.05. The molecule has 1 aromatic heterocycles. The van der Waals surface area contributed by atoms with Gasteiger partial charge in [-0.05, 0) is 18.6 Å². The van der Waals surface area contributed by atoms with E-state index in [4.69, 9.17) is 16.3 Å². The molecule has 0 fully saturated rings. The fourth-order valence-corrected chi connectivity index (χ4v) is 2.42. The van der Waals surface area contributed by atoms with E-state index in [2.05, 4.69) is 18.3 Å². The Morgan fingerprint density at radius 1 is 1.31 bits per heavy atom. The van der Waals surface area contributed by atoms with Crippen LogP contribution in [0.25, 0.3) is 0 Å². The highest BCUT2D eigenvalue weighted by Gasteiger charge is 1.96. The van der Waals surface area contributed by atoms with Crippen LogP contribution in [0.2, 0.25) is 4.34 Å². The molecule has 0 aliphatic carbocycles. The first-order chi connectivity index (χ1) is 7.83. The highest BCUT2D eigenvalue weighted by atomic mass is 35.5. The van der Waals surface area contributed by atoms with Crippen LogP contribution in [0.4, 0.5) is 0 Å². The van der Waals surface area contributed by atoms with Crippen molar-refractivity contribution in [2.45, 2.75) is 32.7 Å². The van der Waals surface area contributed by atoms with E-state index in [0.29, 0.717) is 0 Å². The van der Waals surface area contributed by atoms with Crippen molar-refractivity contribution in [3.8, 4) is 0 Å². The van der Waals surface area contributed by atoms with Crippen molar-refractivity contribution in [2.75, 3.05) is 19.8 Å². The standard InChI is InChI=1S/C12H20ClNOS/c1-2-3-4-8-15-9-7-14-10-11-5-6-12(13)16-11/h5-6,14H,2-4,7-10H2,1H3. The van der Waals surface area contributed by atoms with Gasteiger partial charge in [-0.1, -0.05) is 31.4 Å². The number of halogens is 1. The Morgan fingerprint density at radius 2 is 2.19 bits per heavy atom. The Labute approximate surface area is 107 Å². The quantitative estimate of drug-likeness (QED) is 0.685. The summed E-state index contributed by atoms with van der Waals surface area (Å²) in [4.78, 5) is 1.27. The summed E-state index contributed by atoms with van der Waals surface area (Å²) < 4.78 is 6.35. The summed E-state index contributed by atoms with van der Waals surface area (Å²) in [7, 11) is 0. The Hall–Kier alpha value is -0.0900. The molecule has 2 nitrogen and oxygen atoms in total. The Kier molecular flexibility index (Phi) is 7.85. The van der Waals surface area contributed by atoms with Crippen LogP contribution in [0.1, 0.15) is 31.1 Å². The van der Waals surface area contributed by atoms with Gasteiger partial charge in [0.25, 0.3) is 0 Å². The molecule has 0 saturated carbocycles. The molecule has 0 saturated heterocycles. The number of hydrogen-bond acceptors (Lipinski definition) is 3. The molecule has 0 radical (unpaired) electrons. The fraction of sp³-hybridized carbons (Fsp3) is 0.667. The van der Waals surface area contributed by atoms with Gasteiger partial charge >= 0.3 is 0 Å². The van der Waals surface area contributed by atoms with Crippen molar-refractivity contribution in [3.63, 3.8) is 0 Å². The van der Waals surface area contributed by atoms with E-state index in [1.54, 1.807) is 11.3 Å². The van der Waals surface area contributed by atoms with E-state index in [1.165, 1.54) is 24.1 Å². The molecule has 1 rings (SSSR count). The Morgan fingerprint density at radius 3 is 2.88 bits per heavy atom. The molecular formula is C12H20ClNOS. The maximum absolute atomic E-state index is 5.84. The first kappa shape index (κ1) is 14.0. The second-order valence-electron chi connectivity index (χ2n) is 3.70. The predicted octanol–water partition coefficient (Wildman–Crippen LogP) is 3.70. The molecule has 1 heterocycles. The first-order valence-electron chi connectivity index (χ1n) is 5.85. The van der Waals surface area contributed by atoms with E-state index in [-0.39, 0.29) is 0 Å². The van der Waals surface area contributed by atoms with Crippen LogP contribution in [0.3, 0.4) is 0 Å². The van der Waals surface area contributed by atoms with Crippen molar-refractivity contribution < 1.29 is 4.74 Å². The van der Waals surface area contributed by atoms with Crippen molar-refractivity contribution in [3.05, 3.63) is 21.3 Å². The van der Waals surface area contributed by atoms with Gasteiger partial charge in [-0.2, -0.15) is 0 Å². The Bertz CT molecular complexity index is 278. The number of rotatable bonds is 9. The minimum Gasteiger partial charge on any atom is -0.380 e. The minimum atomic E-state index is 0.794. The smallest absolute Gasteiger partial charge is 0.0931 e. The van der Waals surface area contributed by atoms with Gasteiger partial charge in [-0.25, -0.2) is 0 Å². The SMILES string of the molecule is CCCCCOCCNCc1ccc(Cl)s1. The van der Waals surface area contributed by atoms with Gasteiger partial charge in [0, 0.05) is 24.6 Å². The normalized spacial score (nSPS) is 10.9. The van der Waals surface area contributed by atoms with Gasteiger partial charge in [0.05, 0.1) is 10.9 Å². The maximum Gasteiger partial charge on any atom is 0.0931 e. The lowest BCUT2D eigenvalue weighted by molar-refractivity contribution is 0.132. The summed E-state index contributed by atoms with van der Waals surface area (Å²) in [5.41, 5.74) is 0. The molecule has 92 valence electrons. The number of ether oxygens (including phenoxy) is 1. The van der Waals surface area contributed by atoms with Gasteiger partial charge in [-0.15, -0.1) is 11.3 Å². The zero-order valence-electron chi connectivity index (χ0n) is 9.80. The van der Waals surface area contributed by atoms with Crippen molar-refractivity contribution in [2.24, 2.45) is 0 Å². The van der Waals surface area contributed by atoms with E-state index in [9.17, 15) is 0 Å². The molecule has 16 heavy (non-hydrogen) atoms. The minimum absolute atomic E-state index is 0.794. The van der Waals surface area contributed by atoms with Gasteiger partial charge in [0.15, 0.2) is 0 Å². The molecule has 1 aromatic rings. The number of nitrogens with one attached hydrogen (secondary N) is 1. The number of unbranched alkanes of at least 4 members (excludes halogenated alkanes) is 2. The third-order valence-electron chi connectivity index (χ3n) is 2.24. The lowest BCUT2D eigenvalue weighted by Crippen LogP contribution is -2.18. The molecule has 0 atom stereocenters. The molecule has 0 spiro atoms. The lowest BCUT2D eigenvalue weighted by Gasteiger charge is -2.04. The predicted molar refractivity (Wildman–Crippen MR) is 71.4 cm³/mol. The van der Waals surface area contributed by atoms with Crippen LogP contribution in [0.15, 0.2) is 12.1 Å². The van der Waals surface area contributed by atoms with Crippen LogP contribution in [-0.4, -0.2) is 19.8 Å². The molecule has 0 bridgehead atoms. The second kappa shape index (κ2) is 8.99. The van der Waals surface area contributed by atoms with E-state index in [1.807, 2.05) is 6.07 Å². The Balaban J connectivity index is 1.88. The van der Waals surface area contributed by atoms with Crippen LogP contribution in [0.5, 0.6) is 0 Å². The van der Waals surface area contributed by atoms with Crippen LogP contribution in [0, 0.1) is 0 Å². The third kappa shape index (κ3) is 6.48. The second-order valence-corrected chi connectivity index (χ2v) is 5.50. The molecule has 0 aromatic carbocycles. The molecule has 4 heteroatoms. The lowest BCUT2D eigenvalue weighted by atomic mass is 10.3. The summed E-state index contributed by atoms with van der Waals surface area (Å²) in [5, 5.41) is 3.33. The molecule has 0 unspecified atom stereocenters. The van der Waals surface area contributed by atoms with Gasteiger partial charge in [0.2, 0.25) is 0 Å². The topological polar surface area (TPSA) is 21.3 Å². The van der Waals surface area contributed by atoms with Crippen molar-refractivity contribution in [1.29, 1.82) is 0 Å². The van der Waals surface area contributed by atoms with Crippen LogP contribution < -0.4 is 5.32 Å². The van der Waals surface area contributed by atoms with Crippen molar-refractivity contribution in [1.82, 2.24) is 5.32 Å². The summed E-state index contributed by atoms with van der Waals surface area (Å²) in [5.74, 6) is 0. The summed E-state index contributed by atoms with van der Waals surface area (Å²) in [6.07, 6.45) is 3.69. The van der Waals surface area contributed by atoms with Gasteiger partial charge in [-0.3, -0.25) is 0 Å². The monoisotopic (exact) mass is 261 g/mol. The van der Waals surface area contributed by atoms with Gasteiger partial charge in [0.1, 0.15) is 0 Å². The van der Waals surface area contributed by atoms with E-state index in [0.717, 1.165) is 30.6 Å². The molecular weight excluding hydrogens is 242 g/mol. The summed E-state index contributed by atoms with van der Waals surface area (Å²) in [6, 6.07) is 3.99. The fourth-order valence-electron chi connectivity index (χ4n) is 1.36. The summed E-state index contributed by atoms with van der Waals surface area (Å²) >= 11 is 7.46. The van der Waals surface area contributed by atoms with E-state index >= 15 is 0 Å². The zero-order chi connectivity index (χ0) is 11.6. The summed E-state index contributed by atoms with van der Waals surface area (Å²) in [6.45, 7) is 5.67. The largest absolute Gasteiger partial charge is 0.380 e.